The lowest BCUT2D eigenvalue weighted by Gasteiger charge is -2.01. The molecule has 6 nitrogen and oxygen atoms in total. The lowest BCUT2D eigenvalue weighted by atomic mass is 9.78. The van der Waals surface area contributed by atoms with Gasteiger partial charge in [-0.25, -0.2) is 4.79 Å². The number of carbonyl (C=O) groups is 1. The number of aromatic nitrogens is 2. The quantitative estimate of drug-likeness (QED) is 0.518. The largest absolute Gasteiger partial charge is 0.492 e. The highest BCUT2D eigenvalue weighted by Crippen LogP contribution is 2.02. The zero-order chi connectivity index (χ0) is 10.9. The Morgan fingerprint density at radius 1 is 1.57 bits per heavy atom. The molecular formula is C7H11BN2O4. The fraction of sp³-hybridized carbons (Fsp3) is 0.429. The van der Waals surface area contributed by atoms with Gasteiger partial charge in [-0.05, 0) is 13.8 Å². The summed E-state index contributed by atoms with van der Waals surface area (Å²) >= 11 is 0. The first-order chi connectivity index (χ1) is 6.49. The smallest absolute Gasteiger partial charge is 0.477 e. The lowest BCUT2D eigenvalue weighted by Crippen LogP contribution is -2.36. The van der Waals surface area contributed by atoms with Crippen molar-refractivity contribution in [2.24, 2.45) is 0 Å². The molecule has 0 atom stereocenters. The highest BCUT2D eigenvalue weighted by molar-refractivity contribution is 6.60. The second kappa shape index (κ2) is 3.81. The number of hydrogen-bond donors (Lipinski definition) is 3. The molecule has 0 amide bonds. The van der Waals surface area contributed by atoms with Crippen LogP contribution in [0.25, 0.3) is 0 Å². The molecule has 0 aliphatic heterocycles. The van der Waals surface area contributed by atoms with E-state index in [-0.39, 0.29) is 11.2 Å². The van der Waals surface area contributed by atoms with Crippen LogP contribution in [0.2, 0.25) is 0 Å². The fourth-order valence-electron chi connectivity index (χ4n) is 1.36. The van der Waals surface area contributed by atoms with Crippen LogP contribution in [0.15, 0.2) is 0 Å². The van der Waals surface area contributed by atoms with Crippen LogP contribution >= 0.6 is 0 Å². The van der Waals surface area contributed by atoms with Crippen LogP contribution in [0.1, 0.15) is 23.1 Å². The predicted octanol–water partition coefficient (Wildman–Crippen LogP) is -1.41. The number of rotatable bonds is 3. The van der Waals surface area contributed by atoms with Gasteiger partial charge in [0.2, 0.25) is 0 Å². The Balaban J connectivity index is 3.39. The molecule has 0 saturated carbocycles. The summed E-state index contributed by atoms with van der Waals surface area (Å²) in [7, 11) is -1.80. The Hall–Kier alpha value is -1.34. The first-order valence-corrected chi connectivity index (χ1v) is 4.15. The van der Waals surface area contributed by atoms with Gasteiger partial charge in [0.1, 0.15) is 5.69 Å². The molecule has 1 aromatic rings. The summed E-state index contributed by atoms with van der Waals surface area (Å²) < 4.78 is 1.23. The van der Waals surface area contributed by atoms with Gasteiger partial charge in [0.25, 0.3) is 0 Å². The molecule has 76 valence electrons. The van der Waals surface area contributed by atoms with Crippen LogP contribution in [0.3, 0.4) is 0 Å². The summed E-state index contributed by atoms with van der Waals surface area (Å²) in [4.78, 5) is 10.8. The van der Waals surface area contributed by atoms with E-state index in [4.69, 9.17) is 15.2 Å². The molecule has 3 N–H and O–H groups in total. The van der Waals surface area contributed by atoms with E-state index in [0.717, 1.165) is 0 Å². The van der Waals surface area contributed by atoms with Crippen molar-refractivity contribution < 1.29 is 19.9 Å². The van der Waals surface area contributed by atoms with E-state index >= 15 is 0 Å². The summed E-state index contributed by atoms with van der Waals surface area (Å²) in [6.45, 7) is 3.63. The van der Waals surface area contributed by atoms with Crippen LogP contribution in [0.5, 0.6) is 0 Å². The van der Waals surface area contributed by atoms with Crippen LogP contribution in [-0.4, -0.2) is 38.0 Å². The van der Waals surface area contributed by atoms with E-state index in [1.165, 1.54) is 11.6 Å². The van der Waals surface area contributed by atoms with Gasteiger partial charge in [0, 0.05) is 12.0 Å². The maximum absolute atomic E-state index is 10.8. The number of aromatic carboxylic acids is 1. The maximum Gasteiger partial charge on any atom is 0.492 e. The molecule has 7 heteroatoms. The molecule has 0 radical (unpaired) electrons. The number of nitrogens with zero attached hydrogens (tertiary/aromatic N) is 2. The Labute approximate surface area is 80.9 Å². The van der Waals surface area contributed by atoms with Crippen LogP contribution in [0.4, 0.5) is 0 Å². The van der Waals surface area contributed by atoms with Crippen LogP contribution in [-0.2, 0) is 6.54 Å². The van der Waals surface area contributed by atoms with Gasteiger partial charge >= 0.3 is 13.1 Å². The number of carboxylic acids is 1. The minimum atomic E-state index is -1.80. The molecule has 0 aromatic carbocycles. The van der Waals surface area contributed by atoms with Crippen molar-refractivity contribution in [3.05, 3.63) is 11.4 Å². The van der Waals surface area contributed by atoms with Crippen LogP contribution in [0, 0.1) is 6.92 Å². The van der Waals surface area contributed by atoms with Gasteiger partial charge in [-0.15, -0.1) is 0 Å². The Morgan fingerprint density at radius 3 is 2.50 bits per heavy atom. The topological polar surface area (TPSA) is 95.6 Å². The Morgan fingerprint density at radius 2 is 2.14 bits per heavy atom. The predicted molar refractivity (Wildman–Crippen MR) is 49.4 cm³/mol. The van der Waals surface area contributed by atoms with Gasteiger partial charge in [-0.1, -0.05) is 0 Å². The van der Waals surface area contributed by atoms with E-state index in [1.807, 2.05) is 0 Å². The van der Waals surface area contributed by atoms with Crippen molar-refractivity contribution in [1.29, 1.82) is 0 Å². The Kier molecular flexibility index (Phi) is 2.92. The van der Waals surface area contributed by atoms with Gasteiger partial charge in [-0.3, -0.25) is 4.68 Å². The number of carboxylic acid groups (broad SMARTS) is 1. The first kappa shape index (κ1) is 10.7. The maximum atomic E-state index is 10.8. The molecule has 0 aliphatic carbocycles. The second-order valence-electron chi connectivity index (χ2n) is 2.84. The third kappa shape index (κ3) is 1.64. The van der Waals surface area contributed by atoms with E-state index in [9.17, 15) is 4.79 Å². The molecule has 0 unspecified atom stereocenters. The van der Waals surface area contributed by atoms with E-state index in [0.29, 0.717) is 12.2 Å². The normalized spacial score (nSPS) is 10.3. The summed E-state index contributed by atoms with van der Waals surface area (Å²) in [5.74, 6) is -1.21. The minimum Gasteiger partial charge on any atom is -0.477 e. The van der Waals surface area contributed by atoms with Crippen molar-refractivity contribution in [2.75, 3.05) is 0 Å². The molecule has 0 saturated heterocycles. The summed E-state index contributed by atoms with van der Waals surface area (Å²) in [5.41, 5.74) is 0.110. The van der Waals surface area contributed by atoms with Crippen molar-refractivity contribution in [3.8, 4) is 0 Å². The molecule has 1 aromatic heterocycles. The SMILES string of the molecule is CCn1nc(C)c(B(O)O)c1C(=O)O. The Bertz CT molecular complexity index is 361. The van der Waals surface area contributed by atoms with Crippen molar-refractivity contribution >= 4 is 18.6 Å². The summed E-state index contributed by atoms with van der Waals surface area (Å²) in [5, 5.41) is 30.7. The molecule has 0 spiro atoms. The average Bonchev–Trinajstić information content (AvgIpc) is 2.41. The van der Waals surface area contributed by atoms with E-state index < -0.39 is 13.1 Å². The standard InChI is InChI=1S/C7H11BN2O4/c1-3-10-6(7(11)12)5(8(13)14)4(2)9-10/h13-14H,3H2,1-2H3,(H,11,12). The average molecular weight is 198 g/mol. The van der Waals surface area contributed by atoms with Crippen LogP contribution < -0.4 is 5.46 Å². The monoisotopic (exact) mass is 198 g/mol. The van der Waals surface area contributed by atoms with Gasteiger partial charge < -0.3 is 15.2 Å². The molecule has 1 heterocycles. The van der Waals surface area contributed by atoms with Gasteiger partial charge in [0.05, 0.1) is 5.69 Å². The van der Waals surface area contributed by atoms with Crippen molar-refractivity contribution in [2.45, 2.75) is 20.4 Å². The zero-order valence-electron chi connectivity index (χ0n) is 7.93. The zero-order valence-corrected chi connectivity index (χ0v) is 7.93. The third-order valence-corrected chi connectivity index (χ3v) is 1.93. The molecule has 0 aliphatic rings. The molecule has 0 fully saturated rings. The molecular weight excluding hydrogens is 187 g/mol. The highest BCUT2D eigenvalue weighted by atomic mass is 16.4. The minimum absolute atomic E-state index is 0.0423. The second-order valence-corrected chi connectivity index (χ2v) is 2.84. The van der Waals surface area contributed by atoms with E-state index in [1.54, 1.807) is 6.92 Å². The van der Waals surface area contributed by atoms with Crippen molar-refractivity contribution in [3.63, 3.8) is 0 Å². The molecule has 14 heavy (non-hydrogen) atoms. The highest BCUT2D eigenvalue weighted by Gasteiger charge is 2.28. The van der Waals surface area contributed by atoms with Crippen molar-refractivity contribution in [1.82, 2.24) is 9.78 Å². The molecule has 1 rings (SSSR count). The lowest BCUT2D eigenvalue weighted by molar-refractivity contribution is 0.0684. The van der Waals surface area contributed by atoms with E-state index in [2.05, 4.69) is 5.10 Å². The number of aryl methyl sites for hydroxylation is 2. The summed E-state index contributed by atoms with van der Waals surface area (Å²) in [6, 6.07) is 0. The summed E-state index contributed by atoms with van der Waals surface area (Å²) in [6.07, 6.45) is 0. The van der Waals surface area contributed by atoms with Gasteiger partial charge in [0.15, 0.2) is 0 Å². The number of hydrogen-bond acceptors (Lipinski definition) is 4. The fourth-order valence-corrected chi connectivity index (χ4v) is 1.36. The van der Waals surface area contributed by atoms with Gasteiger partial charge in [-0.2, -0.15) is 5.10 Å². The third-order valence-electron chi connectivity index (χ3n) is 1.93. The molecule has 0 bridgehead atoms. The first-order valence-electron chi connectivity index (χ1n) is 4.15.